The lowest BCUT2D eigenvalue weighted by atomic mass is 9.59. The Labute approximate surface area is 324 Å². The van der Waals surface area contributed by atoms with E-state index >= 15 is 0 Å². The summed E-state index contributed by atoms with van der Waals surface area (Å²) in [5.74, 6) is 0. The maximum atomic E-state index is 7.05. The Morgan fingerprint density at radius 2 is 0.944 bits per heavy atom. The van der Waals surface area contributed by atoms with E-state index < -0.39 is 0 Å². The topological polar surface area (TPSA) is 13.1 Å². The van der Waals surface area contributed by atoms with Crippen LogP contribution in [0.4, 0.5) is 0 Å². The summed E-state index contributed by atoms with van der Waals surface area (Å²) in [4.78, 5) is 0. The molecular weight excluding hydrogens is 643 g/mol. The lowest BCUT2D eigenvalue weighted by Gasteiger charge is -2.29. The van der Waals surface area contributed by atoms with Crippen molar-refractivity contribution in [1.29, 1.82) is 0 Å². The monoisotopic (exact) mass is 666 g/mol. The molecule has 1 aliphatic carbocycles. The Balaban J connectivity index is 1.39. The molecule has 8 aromatic carbocycles. The molecule has 1 aliphatic rings. The first kappa shape index (κ1) is 33.4. The molecule has 9 aromatic rings. The van der Waals surface area contributed by atoms with Crippen LogP contribution in [0.2, 0.25) is 0 Å². The molecule has 0 saturated heterocycles. The summed E-state index contributed by atoms with van der Waals surface area (Å²) in [5.41, 5.74) is 10.7. The van der Waals surface area contributed by atoms with E-state index in [1.165, 1.54) is 11.1 Å². The third-order valence-corrected chi connectivity index (χ3v) is 11.8. The average molecular weight is 665 g/mol. The number of fused-ring (bicyclic) bond motifs is 10. The molecule has 9 heteroatoms. The standard InChI is InChI=1S/C45H22B8O/c1-45(2)27-10-6-5-9-23(27)25-17-20(12-15-28(25)45)30-32-34(38(48)42(52)40(50)36(32)46)31(35-33(30)37(47)41(51)43(53)39(35)49)21-13-16-29-26(18-21)24-14-11-19-7-3-4-8-22(19)44(24)54-29/h3-18H,1-2H3. The molecule has 0 N–H and O–H groups in total. The van der Waals surface area contributed by atoms with Crippen LogP contribution in [0.15, 0.2) is 101 Å². The fourth-order valence-corrected chi connectivity index (χ4v) is 9.06. The van der Waals surface area contributed by atoms with Gasteiger partial charge in [0.2, 0.25) is 0 Å². The lowest BCUT2D eigenvalue weighted by Crippen LogP contribution is -2.50. The molecular formula is C45H22B8O. The highest BCUT2D eigenvalue weighted by Gasteiger charge is 2.35. The van der Waals surface area contributed by atoms with E-state index in [-0.39, 0.29) is 49.1 Å². The summed E-state index contributed by atoms with van der Waals surface area (Å²) in [7, 11) is 54.9. The molecule has 0 spiro atoms. The van der Waals surface area contributed by atoms with Gasteiger partial charge in [-0.1, -0.05) is 108 Å². The molecule has 232 valence electrons. The minimum absolute atomic E-state index is 0.174. The van der Waals surface area contributed by atoms with E-state index in [1.807, 2.05) is 24.3 Å². The summed E-state index contributed by atoms with van der Waals surface area (Å²) >= 11 is 0. The summed E-state index contributed by atoms with van der Waals surface area (Å²) < 4.78 is 6.48. The molecule has 0 bridgehead atoms. The summed E-state index contributed by atoms with van der Waals surface area (Å²) in [6, 6.07) is 33.2. The highest BCUT2D eigenvalue weighted by Crippen LogP contribution is 2.51. The highest BCUT2D eigenvalue weighted by atomic mass is 16.3. The Kier molecular flexibility index (Phi) is 7.08. The predicted molar refractivity (Wildman–Crippen MR) is 238 cm³/mol. The molecule has 1 heterocycles. The zero-order valence-electron chi connectivity index (χ0n) is 29.8. The molecule has 0 amide bonds. The minimum Gasteiger partial charge on any atom is -0.455 e. The third kappa shape index (κ3) is 4.27. The maximum Gasteiger partial charge on any atom is 0.143 e. The number of benzene rings is 8. The minimum atomic E-state index is -0.203. The predicted octanol–water partition coefficient (Wildman–Crippen LogP) is 3.04. The van der Waals surface area contributed by atoms with Gasteiger partial charge in [0.1, 0.15) is 73.9 Å². The first-order valence-electron chi connectivity index (χ1n) is 17.8. The van der Waals surface area contributed by atoms with E-state index in [1.54, 1.807) is 0 Å². The Morgan fingerprint density at radius 3 is 1.57 bits per heavy atom. The molecule has 16 radical (unpaired) electrons. The zero-order valence-corrected chi connectivity index (χ0v) is 29.8. The van der Waals surface area contributed by atoms with Crippen LogP contribution in [0.3, 0.4) is 0 Å². The van der Waals surface area contributed by atoms with E-state index in [4.69, 9.17) is 67.2 Å². The maximum absolute atomic E-state index is 7.05. The first-order chi connectivity index (χ1) is 25.9. The van der Waals surface area contributed by atoms with Gasteiger partial charge in [0, 0.05) is 21.6 Å². The molecule has 0 aliphatic heterocycles. The molecule has 0 atom stereocenters. The van der Waals surface area contributed by atoms with Crippen molar-refractivity contribution >= 4 is 161 Å². The van der Waals surface area contributed by atoms with E-state index in [0.717, 1.165) is 55.0 Å². The van der Waals surface area contributed by atoms with Crippen LogP contribution in [-0.4, -0.2) is 62.8 Å². The van der Waals surface area contributed by atoms with Crippen molar-refractivity contribution in [2.45, 2.75) is 19.3 Å². The van der Waals surface area contributed by atoms with Crippen molar-refractivity contribution in [2.24, 2.45) is 0 Å². The van der Waals surface area contributed by atoms with Gasteiger partial charge in [-0.3, -0.25) is 0 Å². The van der Waals surface area contributed by atoms with Crippen LogP contribution < -0.4 is 43.7 Å². The largest absolute Gasteiger partial charge is 0.455 e. The van der Waals surface area contributed by atoms with Crippen LogP contribution >= 0.6 is 0 Å². The highest BCUT2D eigenvalue weighted by molar-refractivity contribution is 6.71. The molecule has 0 saturated carbocycles. The average Bonchev–Trinajstić information content (AvgIpc) is 3.68. The molecule has 1 aromatic heterocycles. The molecule has 10 rings (SSSR count). The van der Waals surface area contributed by atoms with Crippen LogP contribution in [-0.2, 0) is 5.41 Å². The second-order valence-electron chi connectivity index (χ2n) is 15.0. The number of hydrogen-bond acceptors (Lipinski definition) is 1. The quantitative estimate of drug-likeness (QED) is 0.205. The van der Waals surface area contributed by atoms with Gasteiger partial charge in [-0.05, 0) is 95.7 Å². The van der Waals surface area contributed by atoms with Gasteiger partial charge in [0.25, 0.3) is 0 Å². The van der Waals surface area contributed by atoms with Crippen LogP contribution in [0.25, 0.3) is 87.6 Å². The molecule has 0 unspecified atom stereocenters. The van der Waals surface area contributed by atoms with Crippen molar-refractivity contribution in [3.8, 4) is 33.4 Å². The van der Waals surface area contributed by atoms with Crippen LogP contribution in [0, 0.1) is 0 Å². The second-order valence-corrected chi connectivity index (χ2v) is 15.0. The van der Waals surface area contributed by atoms with E-state index in [0.29, 0.717) is 32.7 Å². The fourth-order valence-electron chi connectivity index (χ4n) is 9.06. The van der Waals surface area contributed by atoms with E-state index in [9.17, 15) is 0 Å². The van der Waals surface area contributed by atoms with Crippen molar-refractivity contribution in [3.63, 3.8) is 0 Å². The summed E-state index contributed by atoms with van der Waals surface area (Å²) in [6.07, 6.45) is 0. The zero-order chi connectivity index (χ0) is 37.5. The number of rotatable bonds is 2. The van der Waals surface area contributed by atoms with E-state index in [2.05, 4.69) is 86.6 Å². The summed E-state index contributed by atoms with van der Waals surface area (Å²) in [5, 5.41) is 6.31. The Morgan fingerprint density at radius 1 is 0.426 bits per heavy atom. The number of furan rings is 1. The molecule has 0 fully saturated rings. The van der Waals surface area contributed by atoms with Crippen molar-refractivity contribution in [3.05, 3.63) is 108 Å². The fraction of sp³-hybridized carbons (Fsp3) is 0.0667. The van der Waals surface area contributed by atoms with Crippen molar-refractivity contribution in [2.75, 3.05) is 0 Å². The second kappa shape index (κ2) is 11.4. The summed E-state index contributed by atoms with van der Waals surface area (Å²) in [6.45, 7) is 4.48. The van der Waals surface area contributed by atoms with Gasteiger partial charge in [-0.25, -0.2) is 0 Å². The Hall–Kier alpha value is -5.14. The lowest BCUT2D eigenvalue weighted by molar-refractivity contribution is 0.660. The van der Waals surface area contributed by atoms with Gasteiger partial charge >= 0.3 is 0 Å². The normalized spacial score (nSPS) is 13.4. The van der Waals surface area contributed by atoms with Crippen LogP contribution in [0.1, 0.15) is 25.0 Å². The van der Waals surface area contributed by atoms with Crippen molar-refractivity contribution in [1.82, 2.24) is 0 Å². The van der Waals surface area contributed by atoms with Gasteiger partial charge in [0.05, 0.1) is 0 Å². The SMILES string of the molecule is [B]c1c([B])c([B])c2c(-c3ccc4oc5c6ccccc6ccc5c4c3)c3c([B])c([B])c([B])c([B])c3c(-c3ccc4c(c3)-c3ccccc3C4(C)C)c2c1[B]. The van der Waals surface area contributed by atoms with Gasteiger partial charge < -0.3 is 4.42 Å². The van der Waals surface area contributed by atoms with Gasteiger partial charge in [-0.2, -0.15) is 0 Å². The Bertz CT molecular complexity index is 3090. The number of hydrogen-bond donors (Lipinski definition) is 0. The third-order valence-electron chi connectivity index (χ3n) is 11.8. The van der Waals surface area contributed by atoms with Gasteiger partial charge in [0.15, 0.2) is 0 Å². The molecule has 54 heavy (non-hydrogen) atoms. The smallest absolute Gasteiger partial charge is 0.143 e. The van der Waals surface area contributed by atoms with Crippen molar-refractivity contribution < 1.29 is 4.42 Å². The molecule has 1 nitrogen and oxygen atoms in total. The van der Waals surface area contributed by atoms with Crippen LogP contribution in [0.5, 0.6) is 0 Å². The van der Waals surface area contributed by atoms with Gasteiger partial charge in [-0.15, -0.1) is 21.9 Å². The first-order valence-corrected chi connectivity index (χ1v) is 17.8.